The molecule has 94 valence electrons. The molecule has 0 radical (unpaired) electrons. The monoisotopic (exact) mass is 278 g/mol. The third-order valence-corrected chi connectivity index (χ3v) is 3.05. The van der Waals surface area contributed by atoms with Crippen LogP contribution in [0.3, 0.4) is 0 Å². The number of hydrogen-bond donors (Lipinski definition) is 2. The minimum atomic E-state index is -0.972. The predicted molar refractivity (Wildman–Crippen MR) is 64.6 cm³/mol. The molecule has 0 bridgehead atoms. The Morgan fingerprint density at radius 2 is 2.12 bits per heavy atom. The second-order valence-electron chi connectivity index (χ2n) is 3.70. The maximum absolute atomic E-state index is 11.8. The Bertz CT molecular complexity index is 457. The van der Waals surface area contributed by atoms with Crippen molar-refractivity contribution in [2.24, 2.45) is 7.05 Å². The molecule has 1 aromatic rings. The first-order chi connectivity index (χ1) is 7.82. The molecule has 1 atom stereocenters. The van der Waals surface area contributed by atoms with Crippen LogP contribution in [0.4, 0.5) is 0 Å². The number of carboxylic acid groups (broad SMARTS) is 1. The number of carbonyl (C=O) groups excluding carboxylic acids is 1. The van der Waals surface area contributed by atoms with Gasteiger partial charge < -0.3 is 15.0 Å². The highest BCUT2D eigenvalue weighted by molar-refractivity contribution is 6.41. The van der Waals surface area contributed by atoms with E-state index >= 15 is 0 Å². The van der Waals surface area contributed by atoms with Crippen molar-refractivity contribution < 1.29 is 14.7 Å². The molecular formula is C10H12Cl2N2O3. The van der Waals surface area contributed by atoms with E-state index in [0.717, 1.165) is 0 Å². The summed E-state index contributed by atoms with van der Waals surface area (Å²) in [6.45, 7) is 1.61. The lowest BCUT2D eigenvalue weighted by Gasteiger charge is -2.11. The lowest BCUT2D eigenvalue weighted by molar-refractivity contribution is -0.137. The van der Waals surface area contributed by atoms with Crippen molar-refractivity contribution in [2.45, 2.75) is 19.4 Å². The standard InChI is InChI=1S/C10H12Cl2N2O3/c1-5(3-8(15)16)13-10(17)7-4-6(11)9(12)14(7)2/h4-5H,3H2,1-2H3,(H,13,17)(H,15,16)/t5-/m0/s1. The molecule has 2 N–H and O–H groups in total. The van der Waals surface area contributed by atoms with Crippen LogP contribution in [0.5, 0.6) is 0 Å². The number of hydrogen-bond acceptors (Lipinski definition) is 2. The van der Waals surface area contributed by atoms with Crippen molar-refractivity contribution in [2.75, 3.05) is 0 Å². The molecule has 0 aliphatic rings. The van der Waals surface area contributed by atoms with Crippen molar-refractivity contribution in [3.8, 4) is 0 Å². The first kappa shape index (κ1) is 13.9. The second kappa shape index (κ2) is 5.42. The minimum absolute atomic E-state index is 0.141. The summed E-state index contributed by atoms with van der Waals surface area (Å²) in [5.41, 5.74) is 0.289. The molecule has 0 saturated carbocycles. The van der Waals surface area contributed by atoms with E-state index in [1.807, 2.05) is 0 Å². The Kier molecular flexibility index (Phi) is 4.42. The molecule has 1 heterocycles. The molecule has 1 aromatic heterocycles. The molecule has 0 saturated heterocycles. The lowest BCUT2D eigenvalue weighted by atomic mass is 10.2. The van der Waals surface area contributed by atoms with Crippen LogP contribution < -0.4 is 5.32 Å². The van der Waals surface area contributed by atoms with E-state index in [0.29, 0.717) is 0 Å². The van der Waals surface area contributed by atoms with Gasteiger partial charge in [-0.15, -0.1) is 0 Å². The van der Waals surface area contributed by atoms with Gasteiger partial charge in [0.05, 0.1) is 11.4 Å². The van der Waals surface area contributed by atoms with Crippen molar-refractivity contribution in [1.29, 1.82) is 0 Å². The van der Waals surface area contributed by atoms with Crippen LogP contribution in [0.2, 0.25) is 10.2 Å². The summed E-state index contributed by atoms with van der Waals surface area (Å²) >= 11 is 11.6. The highest BCUT2D eigenvalue weighted by atomic mass is 35.5. The first-order valence-corrected chi connectivity index (χ1v) is 5.62. The maximum atomic E-state index is 11.8. The summed E-state index contributed by atoms with van der Waals surface area (Å²) in [6.07, 6.45) is -0.141. The number of carboxylic acids is 1. The fraction of sp³-hybridized carbons (Fsp3) is 0.400. The molecule has 7 heteroatoms. The summed E-state index contributed by atoms with van der Waals surface area (Å²) < 4.78 is 1.44. The minimum Gasteiger partial charge on any atom is -0.481 e. The number of nitrogens with zero attached hydrogens (tertiary/aromatic N) is 1. The van der Waals surface area contributed by atoms with Crippen LogP contribution in [-0.4, -0.2) is 27.6 Å². The van der Waals surface area contributed by atoms with Gasteiger partial charge in [0.2, 0.25) is 0 Å². The number of rotatable bonds is 4. The van der Waals surface area contributed by atoms with Crippen molar-refractivity contribution >= 4 is 35.1 Å². The Balaban J connectivity index is 2.76. The number of nitrogens with one attached hydrogen (secondary N) is 1. The van der Waals surface area contributed by atoms with Crippen LogP contribution >= 0.6 is 23.2 Å². The highest BCUT2D eigenvalue weighted by Gasteiger charge is 2.18. The number of aliphatic carboxylic acids is 1. The van der Waals surface area contributed by atoms with Gasteiger partial charge in [-0.3, -0.25) is 9.59 Å². The molecule has 0 aliphatic heterocycles. The van der Waals surface area contributed by atoms with Gasteiger partial charge in [-0.05, 0) is 13.0 Å². The van der Waals surface area contributed by atoms with E-state index in [9.17, 15) is 9.59 Å². The zero-order valence-electron chi connectivity index (χ0n) is 9.33. The third-order valence-electron chi connectivity index (χ3n) is 2.21. The van der Waals surface area contributed by atoms with E-state index in [1.165, 1.54) is 10.6 Å². The van der Waals surface area contributed by atoms with E-state index < -0.39 is 17.9 Å². The largest absolute Gasteiger partial charge is 0.481 e. The number of carbonyl (C=O) groups is 2. The number of aromatic nitrogens is 1. The zero-order valence-corrected chi connectivity index (χ0v) is 10.8. The average molecular weight is 279 g/mol. The molecule has 5 nitrogen and oxygen atoms in total. The molecule has 0 spiro atoms. The Morgan fingerprint density at radius 1 is 1.53 bits per heavy atom. The van der Waals surface area contributed by atoms with E-state index in [1.54, 1.807) is 14.0 Å². The topological polar surface area (TPSA) is 71.3 Å². The molecule has 0 aromatic carbocycles. The lowest BCUT2D eigenvalue weighted by Crippen LogP contribution is -2.35. The summed E-state index contributed by atoms with van der Waals surface area (Å²) in [6, 6.07) is 0.972. The summed E-state index contributed by atoms with van der Waals surface area (Å²) in [7, 11) is 1.60. The average Bonchev–Trinajstić information content (AvgIpc) is 2.44. The number of halogens is 2. The van der Waals surface area contributed by atoms with Crippen molar-refractivity contribution in [3.63, 3.8) is 0 Å². The van der Waals surface area contributed by atoms with Crippen molar-refractivity contribution in [1.82, 2.24) is 9.88 Å². The molecule has 0 unspecified atom stereocenters. The quantitative estimate of drug-likeness (QED) is 0.884. The molecular weight excluding hydrogens is 267 g/mol. The Labute approximate surface area is 108 Å². The van der Waals surface area contributed by atoms with Gasteiger partial charge in [0.1, 0.15) is 10.8 Å². The zero-order chi connectivity index (χ0) is 13.2. The van der Waals surface area contributed by atoms with Crippen LogP contribution in [-0.2, 0) is 11.8 Å². The van der Waals surface area contributed by atoms with Gasteiger partial charge in [0, 0.05) is 13.1 Å². The Morgan fingerprint density at radius 3 is 2.53 bits per heavy atom. The molecule has 17 heavy (non-hydrogen) atoms. The molecule has 1 rings (SSSR count). The third kappa shape index (κ3) is 3.38. The Hall–Kier alpha value is -1.20. The molecule has 0 aliphatic carbocycles. The summed E-state index contributed by atoms with van der Waals surface area (Å²) in [5.74, 6) is -1.38. The van der Waals surface area contributed by atoms with Crippen LogP contribution in [0.1, 0.15) is 23.8 Å². The van der Waals surface area contributed by atoms with Gasteiger partial charge in [0.15, 0.2) is 0 Å². The smallest absolute Gasteiger partial charge is 0.305 e. The van der Waals surface area contributed by atoms with Crippen LogP contribution in [0, 0.1) is 0 Å². The van der Waals surface area contributed by atoms with Crippen LogP contribution in [0.15, 0.2) is 6.07 Å². The second-order valence-corrected chi connectivity index (χ2v) is 4.46. The SMILES string of the molecule is C[C@@H](CC(=O)O)NC(=O)c1cc(Cl)c(Cl)n1C. The van der Waals surface area contributed by atoms with E-state index in [4.69, 9.17) is 28.3 Å². The van der Waals surface area contributed by atoms with Crippen LogP contribution in [0.25, 0.3) is 0 Å². The fourth-order valence-corrected chi connectivity index (χ4v) is 1.75. The van der Waals surface area contributed by atoms with Gasteiger partial charge in [-0.1, -0.05) is 23.2 Å². The van der Waals surface area contributed by atoms with Gasteiger partial charge in [-0.2, -0.15) is 0 Å². The predicted octanol–water partition coefficient (Wildman–Crippen LogP) is 1.92. The maximum Gasteiger partial charge on any atom is 0.305 e. The summed E-state index contributed by atoms with van der Waals surface area (Å²) in [4.78, 5) is 22.2. The molecule has 1 amide bonds. The van der Waals surface area contributed by atoms with Gasteiger partial charge >= 0.3 is 5.97 Å². The van der Waals surface area contributed by atoms with Gasteiger partial charge in [-0.25, -0.2) is 0 Å². The highest BCUT2D eigenvalue weighted by Crippen LogP contribution is 2.25. The first-order valence-electron chi connectivity index (χ1n) is 4.86. The van der Waals surface area contributed by atoms with E-state index in [2.05, 4.69) is 5.32 Å². The normalized spacial score (nSPS) is 12.2. The molecule has 0 fully saturated rings. The van der Waals surface area contributed by atoms with Crippen molar-refractivity contribution in [3.05, 3.63) is 21.9 Å². The fourth-order valence-electron chi connectivity index (χ4n) is 1.37. The summed E-state index contributed by atoms with van der Waals surface area (Å²) in [5, 5.41) is 11.7. The van der Waals surface area contributed by atoms with E-state index in [-0.39, 0.29) is 22.3 Å². The number of amides is 1. The van der Waals surface area contributed by atoms with Gasteiger partial charge in [0.25, 0.3) is 5.91 Å².